The summed E-state index contributed by atoms with van der Waals surface area (Å²) in [6.45, 7) is -0.126. The smallest absolute Gasteiger partial charge is 0.282 e. The third kappa shape index (κ3) is 5.30. The number of carbonyl (C=O) groups excluding carboxylic acids is 2. The van der Waals surface area contributed by atoms with Crippen LogP contribution in [0.1, 0.15) is 31.8 Å². The molecule has 2 aliphatic rings. The quantitative estimate of drug-likeness (QED) is 0.239. The molecule has 202 valence electrons. The number of hydrogen-bond acceptors (Lipinski definition) is 12. The fourth-order valence-electron chi connectivity index (χ4n) is 3.64. The number of hydrogen-bond donors (Lipinski definition) is 2. The summed E-state index contributed by atoms with van der Waals surface area (Å²) < 4.78 is 20.7. The molecule has 40 heavy (non-hydrogen) atoms. The zero-order chi connectivity index (χ0) is 28.2. The fourth-order valence-corrected chi connectivity index (χ4v) is 3.64. The van der Waals surface area contributed by atoms with Crippen molar-refractivity contribution in [3.63, 3.8) is 0 Å². The molecular weight excluding hydrogens is 532 g/mol. The van der Waals surface area contributed by atoms with Gasteiger partial charge in [0.15, 0.2) is 23.0 Å². The molecule has 0 bridgehead atoms. The van der Waals surface area contributed by atoms with Gasteiger partial charge in [0.2, 0.25) is 13.6 Å². The first kappa shape index (κ1) is 25.6. The lowest BCUT2D eigenvalue weighted by atomic mass is 10.1. The number of benzene rings is 3. The average Bonchev–Trinajstić information content (AvgIpc) is 3.60. The minimum atomic E-state index is -0.639. The van der Waals surface area contributed by atoms with E-state index in [0.29, 0.717) is 11.5 Å². The molecule has 2 heterocycles. The van der Waals surface area contributed by atoms with E-state index in [1.807, 2.05) is 0 Å². The van der Waals surface area contributed by atoms with Crippen LogP contribution < -0.4 is 29.8 Å². The molecule has 0 saturated carbocycles. The number of nitro benzene ring substituents is 2. The fraction of sp³-hybridized carbons (Fsp3) is 0.0833. The summed E-state index contributed by atoms with van der Waals surface area (Å²) in [5, 5.41) is 30.2. The van der Waals surface area contributed by atoms with Crippen LogP contribution in [0.5, 0.6) is 23.0 Å². The monoisotopic (exact) mass is 548 g/mol. The Kier molecular flexibility index (Phi) is 6.87. The van der Waals surface area contributed by atoms with Crippen molar-refractivity contribution in [2.24, 2.45) is 10.2 Å². The molecule has 2 N–H and O–H groups in total. The van der Waals surface area contributed by atoms with Crippen LogP contribution in [0, 0.1) is 20.2 Å². The van der Waals surface area contributed by atoms with Gasteiger partial charge in [-0.1, -0.05) is 0 Å². The molecule has 16 heteroatoms. The molecule has 5 rings (SSSR count). The summed E-state index contributed by atoms with van der Waals surface area (Å²) in [6, 6.07) is 10.6. The zero-order valence-corrected chi connectivity index (χ0v) is 20.1. The summed E-state index contributed by atoms with van der Waals surface area (Å²) in [5.74, 6) is -0.190. The lowest BCUT2D eigenvalue weighted by Crippen LogP contribution is -2.19. The van der Waals surface area contributed by atoms with Gasteiger partial charge in [0, 0.05) is 11.1 Å². The van der Waals surface area contributed by atoms with E-state index in [-0.39, 0.29) is 58.7 Å². The molecule has 2 aliphatic heterocycles. The molecule has 16 nitrogen and oxygen atoms in total. The Labute approximate surface area is 223 Å². The van der Waals surface area contributed by atoms with E-state index in [1.165, 1.54) is 48.5 Å². The summed E-state index contributed by atoms with van der Waals surface area (Å²) in [6.07, 6.45) is 2.20. The molecule has 0 spiro atoms. The molecule has 0 aliphatic carbocycles. The van der Waals surface area contributed by atoms with Gasteiger partial charge in [-0.25, -0.2) is 10.9 Å². The Bertz CT molecular complexity index is 1480. The van der Waals surface area contributed by atoms with Gasteiger partial charge in [0.25, 0.3) is 23.2 Å². The lowest BCUT2D eigenvalue weighted by Gasteiger charge is -2.04. The maximum atomic E-state index is 12.4. The van der Waals surface area contributed by atoms with Gasteiger partial charge in [0.05, 0.1) is 45.5 Å². The van der Waals surface area contributed by atoms with Crippen LogP contribution in [-0.4, -0.2) is 47.7 Å². The molecule has 0 aromatic heterocycles. The van der Waals surface area contributed by atoms with Crippen LogP contribution in [0.2, 0.25) is 0 Å². The maximum Gasteiger partial charge on any atom is 0.282 e. The van der Waals surface area contributed by atoms with E-state index >= 15 is 0 Å². The number of fused-ring (bicyclic) bond motifs is 2. The maximum absolute atomic E-state index is 12.4. The van der Waals surface area contributed by atoms with Gasteiger partial charge in [0.1, 0.15) is 0 Å². The van der Waals surface area contributed by atoms with E-state index < -0.39 is 21.7 Å². The van der Waals surface area contributed by atoms with Gasteiger partial charge in [-0.05, 0) is 36.4 Å². The summed E-state index contributed by atoms with van der Waals surface area (Å²) >= 11 is 0. The van der Waals surface area contributed by atoms with Gasteiger partial charge in [-0.2, -0.15) is 10.2 Å². The average molecular weight is 548 g/mol. The molecule has 0 fully saturated rings. The lowest BCUT2D eigenvalue weighted by molar-refractivity contribution is -0.385. The molecule has 2 amide bonds. The van der Waals surface area contributed by atoms with E-state index in [2.05, 4.69) is 21.1 Å². The van der Waals surface area contributed by atoms with Crippen molar-refractivity contribution in [3.8, 4) is 23.0 Å². The van der Waals surface area contributed by atoms with E-state index in [0.717, 1.165) is 12.4 Å². The van der Waals surface area contributed by atoms with Crippen LogP contribution in [-0.2, 0) is 0 Å². The number of ether oxygens (including phenoxy) is 4. The molecule has 3 aromatic rings. The third-order valence-electron chi connectivity index (χ3n) is 5.59. The second-order valence-corrected chi connectivity index (χ2v) is 8.02. The highest BCUT2D eigenvalue weighted by atomic mass is 16.7. The molecule has 0 saturated heterocycles. The van der Waals surface area contributed by atoms with Crippen LogP contribution in [0.25, 0.3) is 0 Å². The summed E-state index contributed by atoms with van der Waals surface area (Å²) in [4.78, 5) is 46.3. The second kappa shape index (κ2) is 10.7. The van der Waals surface area contributed by atoms with Crippen molar-refractivity contribution in [1.82, 2.24) is 10.9 Å². The number of carbonyl (C=O) groups is 2. The molecule has 0 atom stereocenters. The van der Waals surface area contributed by atoms with E-state index in [9.17, 15) is 29.8 Å². The number of rotatable bonds is 8. The summed E-state index contributed by atoms with van der Waals surface area (Å²) in [7, 11) is 0. The first-order valence-electron chi connectivity index (χ1n) is 11.2. The zero-order valence-electron chi connectivity index (χ0n) is 20.1. The van der Waals surface area contributed by atoms with Crippen LogP contribution in [0.4, 0.5) is 11.4 Å². The second-order valence-electron chi connectivity index (χ2n) is 8.02. The van der Waals surface area contributed by atoms with Crippen molar-refractivity contribution in [2.75, 3.05) is 13.6 Å². The van der Waals surface area contributed by atoms with Gasteiger partial charge in [-0.3, -0.25) is 29.8 Å². The molecule has 0 unspecified atom stereocenters. The Morgan fingerprint density at radius 2 is 1.02 bits per heavy atom. The van der Waals surface area contributed by atoms with Gasteiger partial charge in [-0.15, -0.1) is 0 Å². The number of nitro groups is 2. The topological polar surface area (TPSA) is 206 Å². The highest BCUT2D eigenvalue weighted by Crippen LogP contribution is 2.38. The first-order chi connectivity index (χ1) is 19.3. The first-order valence-corrected chi connectivity index (χ1v) is 11.2. The van der Waals surface area contributed by atoms with Crippen molar-refractivity contribution in [1.29, 1.82) is 0 Å². The highest BCUT2D eigenvalue weighted by molar-refractivity contribution is 5.99. The normalized spacial score (nSPS) is 13.0. The minimum absolute atomic E-state index is 0.0629. The SMILES string of the molecule is O=C(N/N=C/c1cc2c(cc1[N+](=O)[O-])OCO2)c1ccc(C(=O)N/N=C/c2cc3c(cc2[N+](=O)[O-])OCO3)cc1. The molecule has 0 radical (unpaired) electrons. The van der Waals surface area contributed by atoms with E-state index in [4.69, 9.17) is 18.9 Å². The highest BCUT2D eigenvalue weighted by Gasteiger charge is 2.24. The number of amides is 2. The Hall–Kier alpha value is -6.06. The van der Waals surface area contributed by atoms with Crippen molar-refractivity contribution >= 4 is 35.6 Å². The summed E-state index contributed by atoms with van der Waals surface area (Å²) in [5.41, 5.74) is 4.41. The van der Waals surface area contributed by atoms with Crippen molar-refractivity contribution in [3.05, 3.63) is 91.0 Å². The Morgan fingerprint density at radius 1 is 0.675 bits per heavy atom. The van der Waals surface area contributed by atoms with Crippen molar-refractivity contribution < 1.29 is 38.4 Å². The minimum Gasteiger partial charge on any atom is -0.454 e. The molecule has 3 aromatic carbocycles. The Morgan fingerprint density at radius 3 is 1.38 bits per heavy atom. The third-order valence-corrected chi connectivity index (χ3v) is 5.59. The molecular formula is C24H16N6O10. The predicted octanol–water partition coefficient (Wildman–Crippen LogP) is 2.49. The van der Waals surface area contributed by atoms with Crippen LogP contribution in [0.15, 0.2) is 58.7 Å². The van der Waals surface area contributed by atoms with Crippen molar-refractivity contribution in [2.45, 2.75) is 0 Å². The van der Waals surface area contributed by atoms with Gasteiger partial charge < -0.3 is 18.9 Å². The predicted molar refractivity (Wildman–Crippen MR) is 135 cm³/mol. The number of nitrogens with one attached hydrogen (secondary N) is 2. The van der Waals surface area contributed by atoms with Crippen LogP contribution >= 0.6 is 0 Å². The number of hydrazone groups is 2. The van der Waals surface area contributed by atoms with Gasteiger partial charge >= 0.3 is 0 Å². The Balaban J connectivity index is 1.20. The number of nitrogens with zero attached hydrogens (tertiary/aromatic N) is 4. The van der Waals surface area contributed by atoms with E-state index in [1.54, 1.807) is 0 Å². The van der Waals surface area contributed by atoms with Crippen LogP contribution in [0.3, 0.4) is 0 Å². The largest absolute Gasteiger partial charge is 0.454 e. The standard InChI is InChI=1S/C24H16N6O10/c31-23(27-25-9-15-5-19-21(39-11-37-19)7-17(15)29(33)34)13-1-2-14(4-3-13)24(32)28-26-10-16-6-20-22(40-12-38-20)8-18(16)30(35)36/h1-10H,11-12H2,(H,27,31)(H,28,32)/b25-9+,26-10+.